The fourth-order valence-corrected chi connectivity index (χ4v) is 1.62. The van der Waals surface area contributed by atoms with Crippen LogP contribution in [0.3, 0.4) is 0 Å². The molecule has 17 heavy (non-hydrogen) atoms. The van der Waals surface area contributed by atoms with Gasteiger partial charge in [-0.15, -0.1) is 0 Å². The van der Waals surface area contributed by atoms with Gasteiger partial charge in [0.25, 0.3) is 0 Å². The van der Waals surface area contributed by atoms with E-state index in [0.29, 0.717) is 22.5 Å². The summed E-state index contributed by atoms with van der Waals surface area (Å²) in [5, 5.41) is 0. The van der Waals surface area contributed by atoms with Gasteiger partial charge in [0.15, 0.2) is 5.78 Å². The third kappa shape index (κ3) is 2.28. The molecule has 2 rings (SSSR count). The van der Waals surface area contributed by atoms with E-state index in [0.717, 1.165) is 5.56 Å². The van der Waals surface area contributed by atoms with E-state index < -0.39 is 0 Å². The second-order valence-electron chi connectivity index (χ2n) is 4.02. The molecular weight excluding hydrogens is 212 g/mol. The van der Waals surface area contributed by atoms with Crippen LogP contribution in [0.2, 0.25) is 0 Å². The van der Waals surface area contributed by atoms with Gasteiger partial charge >= 0.3 is 0 Å². The molecule has 2 aromatic rings. The van der Waals surface area contributed by atoms with Crippen LogP contribution in [0, 0.1) is 6.92 Å². The summed E-state index contributed by atoms with van der Waals surface area (Å²) in [6, 6.07) is 12.2. The molecule has 0 aromatic heterocycles. The van der Waals surface area contributed by atoms with Crippen LogP contribution >= 0.6 is 0 Å². The van der Waals surface area contributed by atoms with E-state index >= 15 is 0 Å². The minimum atomic E-state index is -0.0203. The first kappa shape index (κ1) is 11.2. The van der Waals surface area contributed by atoms with Crippen LogP contribution in [0.1, 0.15) is 21.5 Å². The summed E-state index contributed by atoms with van der Waals surface area (Å²) < 4.78 is 0. The Hall–Kier alpha value is -2.29. The number of rotatable bonds is 2. The molecule has 3 nitrogen and oxygen atoms in total. The molecule has 0 bridgehead atoms. The molecule has 0 unspecified atom stereocenters. The van der Waals surface area contributed by atoms with E-state index in [2.05, 4.69) is 0 Å². The average Bonchev–Trinajstić information content (AvgIpc) is 2.33. The number of hydrogen-bond acceptors (Lipinski definition) is 3. The highest BCUT2D eigenvalue weighted by atomic mass is 16.1. The molecule has 0 aliphatic carbocycles. The quantitative estimate of drug-likeness (QED) is 0.610. The molecule has 0 fully saturated rings. The predicted octanol–water partition coefficient (Wildman–Crippen LogP) is 2.39. The molecule has 0 aliphatic heterocycles. The van der Waals surface area contributed by atoms with Gasteiger partial charge in [0.1, 0.15) is 0 Å². The van der Waals surface area contributed by atoms with Gasteiger partial charge in [0.05, 0.1) is 0 Å². The van der Waals surface area contributed by atoms with Crippen molar-refractivity contribution < 1.29 is 4.79 Å². The maximum Gasteiger partial charge on any atom is 0.193 e. The lowest BCUT2D eigenvalue weighted by Gasteiger charge is -2.05. The lowest BCUT2D eigenvalue weighted by atomic mass is 10.0. The summed E-state index contributed by atoms with van der Waals surface area (Å²) in [6.45, 7) is 1.88. The Kier molecular flexibility index (Phi) is 2.83. The van der Waals surface area contributed by atoms with Crippen molar-refractivity contribution in [2.45, 2.75) is 6.92 Å². The van der Waals surface area contributed by atoms with Crippen LogP contribution in [0.25, 0.3) is 0 Å². The second-order valence-corrected chi connectivity index (χ2v) is 4.02. The van der Waals surface area contributed by atoms with Crippen LogP contribution in [-0.2, 0) is 0 Å². The number of carbonyl (C=O) groups is 1. The van der Waals surface area contributed by atoms with Crippen LogP contribution < -0.4 is 11.5 Å². The first-order valence-electron chi connectivity index (χ1n) is 5.34. The number of aryl methyl sites for hydroxylation is 1. The largest absolute Gasteiger partial charge is 0.399 e. The zero-order valence-corrected chi connectivity index (χ0v) is 9.60. The van der Waals surface area contributed by atoms with Crippen molar-refractivity contribution in [2.75, 3.05) is 11.5 Å². The molecule has 0 radical (unpaired) electrons. The van der Waals surface area contributed by atoms with Gasteiger partial charge in [-0.1, -0.05) is 0 Å². The lowest BCUT2D eigenvalue weighted by Crippen LogP contribution is -2.02. The number of hydrogen-bond donors (Lipinski definition) is 2. The normalized spacial score (nSPS) is 10.2. The van der Waals surface area contributed by atoms with Crippen LogP contribution in [0.4, 0.5) is 11.4 Å². The summed E-state index contributed by atoms with van der Waals surface area (Å²) in [5.41, 5.74) is 14.8. The molecule has 0 amide bonds. The van der Waals surface area contributed by atoms with Gasteiger partial charge in [0, 0.05) is 22.5 Å². The van der Waals surface area contributed by atoms with E-state index in [4.69, 9.17) is 11.5 Å². The SMILES string of the molecule is Cc1cc(C(=O)c2ccc(N)cc2)ccc1N. The second kappa shape index (κ2) is 4.29. The van der Waals surface area contributed by atoms with E-state index in [1.165, 1.54) is 0 Å². The third-order valence-corrected chi connectivity index (χ3v) is 2.70. The maximum absolute atomic E-state index is 12.1. The van der Waals surface area contributed by atoms with Gasteiger partial charge < -0.3 is 11.5 Å². The first-order chi connectivity index (χ1) is 8.08. The number of carbonyl (C=O) groups excluding carboxylic acids is 1. The third-order valence-electron chi connectivity index (χ3n) is 2.70. The summed E-state index contributed by atoms with van der Waals surface area (Å²) in [7, 11) is 0. The summed E-state index contributed by atoms with van der Waals surface area (Å²) >= 11 is 0. The number of anilines is 2. The smallest absolute Gasteiger partial charge is 0.193 e. The van der Waals surface area contributed by atoms with Gasteiger partial charge in [-0.2, -0.15) is 0 Å². The van der Waals surface area contributed by atoms with E-state index in [1.54, 1.807) is 42.5 Å². The van der Waals surface area contributed by atoms with Gasteiger partial charge in [-0.3, -0.25) is 4.79 Å². The highest BCUT2D eigenvalue weighted by Gasteiger charge is 2.09. The Morgan fingerprint density at radius 2 is 1.53 bits per heavy atom. The molecular formula is C14H14N2O. The molecule has 0 saturated carbocycles. The molecule has 0 saturated heterocycles. The van der Waals surface area contributed by atoms with Crippen molar-refractivity contribution in [2.24, 2.45) is 0 Å². The standard InChI is InChI=1S/C14H14N2O/c1-9-8-11(4-7-13(9)16)14(17)10-2-5-12(15)6-3-10/h2-8H,15-16H2,1H3. The van der Waals surface area contributed by atoms with Crippen LogP contribution in [-0.4, -0.2) is 5.78 Å². The fraction of sp³-hybridized carbons (Fsp3) is 0.0714. The number of ketones is 1. The van der Waals surface area contributed by atoms with Crippen LogP contribution in [0.5, 0.6) is 0 Å². The summed E-state index contributed by atoms with van der Waals surface area (Å²) in [6.07, 6.45) is 0. The first-order valence-corrected chi connectivity index (χ1v) is 5.34. The fourth-order valence-electron chi connectivity index (χ4n) is 1.62. The van der Waals surface area contributed by atoms with E-state index in [9.17, 15) is 4.79 Å². The highest BCUT2D eigenvalue weighted by Crippen LogP contribution is 2.16. The van der Waals surface area contributed by atoms with Gasteiger partial charge in [-0.25, -0.2) is 0 Å². The monoisotopic (exact) mass is 226 g/mol. The minimum absolute atomic E-state index is 0.0203. The predicted molar refractivity (Wildman–Crippen MR) is 69.9 cm³/mol. The molecule has 2 aromatic carbocycles. The number of nitrogen functional groups attached to an aromatic ring is 2. The van der Waals surface area contributed by atoms with Crippen molar-refractivity contribution in [1.29, 1.82) is 0 Å². The lowest BCUT2D eigenvalue weighted by molar-refractivity contribution is 0.103. The van der Waals surface area contributed by atoms with Crippen molar-refractivity contribution >= 4 is 17.2 Å². The minimum Gasteiger partial charge on any atom is -0.399 e. The summed E-state index contributed by atoms with van der Waals surface area (Å²) in [4.78, 5) is 12.1. The molecule has 3 heteroatoms. The Morgan fingerprint density at radius 1 is 0.941 bits per heavy atom. The molecule has 0 heterocycles. The molecule has 86 valence electrons. The van der Waals surface area contributed by atoms with Crippen molar-refractivity contribution in [3.05, 3.63) is 59.2 Å². The van der Waals surface area contributed by atoms with E-state index in [-0.39, 0.29) is 5.78 Å². The number of benzene rings is 2. The molecule has 4 N–H and O–H groups in total. The Bertz CT molecular complexity index is 559. The maximum atomic E-state index is 12.1. The van der Waals surface area contributed by atoms with Crippen molar-refractivity contribution in [3.63, 3.8) is 0 Å². The van der Waals surface area contributed by atoms with Gasteiger partial charge in [0.2, 0.25) is 0 Å². The average molecular weight is 226 g/mol. The Balaban J connectivity index is 2.37. The number of nitrogens with two attached hydrogens (primary N) is 2. The van der Waals surface area contributed by atoms with Crippen LogP contribution in [0.15, 0.2) is 42.5 Å². The molecule has 0 spiro atoms. The zero-order valence-electron chi connectivity index (χ0n) is 9.60. The van der Waals surface area contributed by atoms with Crippen molar-refractivity contribution in [3.8, 4) is 0 Å². The van der Waals surface area contributed by atoms with E-state index in [1.807, 2.05) is 6.92 Å². The topological polar surface area (TPSA) is 69.1 Å². The van der Waals surface area contributed by atoms with Gasteiger partial charge in [-0.05, 0) is 55.0 Å². The zero-order chi connectivity index (χ0) is 12.4. The summed E-state index contributed by atoms with van der Waals surface area (Å²) in [5.74, 6) is -0.0203. The Morgan fingerprint density at radius 3 is 2.12 bits per heavy atom. The van der Waals surface area contributed by atoms with Crippen molar-refractivity contribution in [1.82, 2.24) is 0 Å². The highest BCUT2D eigenvalue weighted by molar-refractivity contribution is 6.09. The molecule has 0 aliphatic rings. The Labute approximate surface area is 100 Å². The molecule has 0 atom stereocenters.